The molecule has 0 N–H and O–H groups in total. The van der Waals surface area contributed by atoms with Gasteiger partial charge in [0, 0.05) is 0 Å². The number of benzene rings is 1. The summed E-state index contributed by atoms with van der Waals surface area (Å²) in [5, 5.41) is 0. The lowest BCUT2D eigenvalue weighted by molar-refractivity contribution is -0.417. The Labute approximate surface area is 160 Å². The number of halogens is 9. The van der Waals surface area contributed by atoms with Crippen LogP contribution in [-0.2, 0) is 16.2 Å². The molecular formula is C18H19F9O2. The maximum absolute atomic E-state index is 14.8. The molecule has 0 saturated carbocycles. The Kier molecular flexibility index (Phi) is 6.01. The molecule has 29 heavy (non-hydrogen) atoms. The highest BCUT2D eigenvalue weighted by atomic mass is 19.4. The van der Waals surface area contributed by atoms with E-state index in [4.69, 9.17) is 9.78 Å². The Balaban J connectivity index is 2.57. The fourth-order valence-electron chi connectivity index (χ4n) is 3.05. The molecule has 166 valence electrons. The quantitative estimate of drug-likeness (QED) is 0.305. The molecular weight excluding hydrogens is 419 g/mol. The van der Waals surface area contributed by atoms with E-state index in [9.17, 15) is 39.5 Å². The van der Waals surface area contributed by atoms with Crippen molar-refractivity contribution < 1.29 is 49.3 Å². The van der Waals surface area contributed by atoms with Crippen LogP contribution in [0, 0.1) is 0 Å². The molecule has 1 aromatic rings. The Morgan fingerprint density at radius 3 is 1.90 bits per heavy atom. The van der Waals surface area contributed by atoms with E-state index in [0.29, 0.717) is 0 Å². The van der Waals surface area contributed by atoms with Gasteiger partial charge in [0.2, 0.25) is 0 Å². The Morgan fingerprint density at radius 1 is 0.828 bits per heavy atom. The van der Waals surface area contributed by atoms with Gasteiger partial charge in [-0.25, -0.2) is 9.78 Å². The van der Waals surface area contributed by atoms with Crippen molar-refractivity contribution in [2.24, 2.45) is 0 Å². The maximum Gasteiger partial charge on any atom is 0.460 e. The third-order valence-electron chi connectivity index (χ3n) is 4.44. The fraction of sp³-hybridized carbons (Fsp3) is 0.667. The van der Waals surface area contributed by atoms with E-state index in [1.807, 2.05) is 0 Å². The zero-order valence-corrected chi connectivity index (χ0v) is 15.6. The molecule has 2 unspecified atom stereocenters. The number of aryl methyl sites for hydroxylation is 1. The van der Waals surface area contributed by atoms with E-state index in [2.05, 4.69) is 0 Å². The summed E-state index contributed by atoms with van der Waals surface area (Å²) < 4.78 is 122. The van der Waals surface area contributed by atoms with E-state index in [1.165, 1.54) is 39.0 Å². The topological polar surface area (TPSA) is 18.5 Å². The second-order valence-electron chi connectivity index (χ2n) is 7.82. The summed E-state index contributed by atoms with van der Waals surface area (Å²) in [5.74, 6) is -22.3. The molecule has 2 atom stereocenters. The van der Waals surface area contributed by atoms with Crippen molar-refractivity contribution in [1.82, 2.24) is 0 Å². The monoisotopic (exact) mass is 438 g/mol. The number of alkyl halides is 9. The molecule has 0 radical (unpaired) electrons. The van der Waals surface area contributed by atoms with Crippen LogP contribution in [0.3, 0.4) is 0 Å². The van der Waals surface area contributed by atoms with E-state index in [1.54, 1.807) is 0 Å². The average Bonchev–Trinajstić information content (AvgIpc) is 2.57. The van der Waals surface area contributed by atoms with Crippen molar-refractivity contribution in [1.29, 1.82) is 0 Å². The van der Waals surface area contributed by atoms with Gasteiger partial charge in [-0.1, -0.05) is 24.3 Å². The molecule has 0 fully saturated rings. The summed E-state index contributed by atoms with van der Waals surface area (Å²) in [4.78, 5) is 9.74. The normalized spacial score (nSPS) is 21.8. The zero-order chi connectivity index (χ0) is 22.5. The average molecular weight is 438 g/mol. The minimum atomic E-state index is -6.97. The van der Waals surface area contributed by atoms with Crippen molar-refractivity contribution in [3.8, 4) is 0 Å². The van der Waals surface area contributed by atoms with Gasteiger partial charge in [-0.05, 0) is 44.7 Å². The Bertz CT molecular complexity index is 723. The summed E-state index contributed by atoms with van der Waals surface area (Å²) in [6.45, 7) is 4.34. The smallest absolute Gasteiger partial charge is 0.232 e. The van der Waals surface area contributed by atoms with Crippen LogP contribution in [0.4, 0.5) is 39.5 Å². The predicted molar refractivity (Wildman–Crippen MR) is 84.1 cm³/mol. The largest absolute Gasteiger partial charge is 0.460 e. The van der Waals surface area contributed by atoms with Crippen LogP contribution in [0.1, 0.15) is 44.2 Å². The summed E-state index contributed by atoms with van der Waals surface area (Å²) >= 11 is 0. The summed E-state index contributed by atoms with van der Waals surface area (Å²) in [5.41, 5.74) is -1.45. The van der Waals surface area contributed by atoms with Crippen molar-refractivity contribution in [3.63, 3.8) is 0 Å². The predicted octanol–water partition coefficient (Wildman–Crippen LogP) is 6.30. The van der Waals surface area contributed by atoms with Gasteiger partial charge in [-0.2, -0.15) is 39.5 Å². The van der Waals surface area contributed by atoms with Crippen molar-refractivity contribution in [2.75, 3.05) is 0 Å². The highest BCUT2D eigenvalue weighted by Crippen LogP contribution is 2.59. The summed E-state index contributed by atoms with van der Waals surface area (Å²) in [7, 11) is 0. The van der Waals surface area contributed by atoms with Crippen molar-refractivity contribution >= 4 is 0 Å². The van der Waals surface area contributed by atoms with Crippen LogP contribution in [0.5, 0.6) is 0 Å². The van der Waals surface area contributed by atoms with Gasteiger partial charge in [0.15, 0.2) is 0 Å². The molecule has 0 saturated heterocycles. The van der Waals surface area contributed by atoms with Crippen molar-refractivity contribution in [3.05, 3.63) is 35.4 Å². The molecule has 11 heteroatoms. The van der Waals surface area contributed by atoms with Crippen LogP contribution < -0.4 is 0 Å². The van der Waals surface area contributed by atoms with E-state index >= 15 is 0 Å². The van der Waals surface area contributed by atoms with Gasteiger partial charge in [0.1, 0.15) is 6.10 Å². The van der Waals surface area contributed by atoms with Crippen molar-refractivity contribution in [2.45, 2.75) is 75.2 Å². The maximum atomic E-state index is 14.8. The highest BCUT2D eigenvalue weighted by Gasteiger charge is 2.83. The first-order valence-electron chi connectivity index (χ1n) is 8.56. The van der Waals surface area contributed by atoms with Crippen LogP contribution in [0.15, 0.2) is 24.3 Å². The molecule has 0 aliphatic heterocycles. The van der Waals surface area contributed by atoms with Gasteiger partial charge in [-0.15, -0.1) is 0 Å². The molecule has 0 amide bonds. The molecule has 0 heterocycles. The Morgan fingerprint density at radius 2 is 1.38 bits per heavy atom. The lowest BCUT2D eigenvalue weighted by Crippen LogP contribution is -2.64. The molecule has 0 aromatic heterocycles. The van der Waals surface area contributed by atoms with Gasteiger partial charge in [0.05, 0.1) is 11.5 Å². The first-order valence-corrected chi connectivity index (χ1v) is 8.56. The second kappa shape index (κ2) is 7.33. The number of hydrogen-bond acceptors (Lipinski definition) is 2. The number of hydrogen-bond donors (Lipinski definition) is 0. The van der Waals surface area contributed by atoms with Gasteiger partial charge in [0.25, 0.3) is 0 Å². The van der Waals surface area contributed by atoms with Crippen LogP contribution in [0.25, 0.3) is 0 Å². The van der Waals surface area contributed by atoms with Gasteiger partial charge in [-0.3, -0.25) is 0 Å². The number of fused-ring (bicyclic) bond motifs is 1. The van der Waals surface area contributed by atoms with E-state index in [0.717, 1.165) is 6.07 Å². The van der Waals surface area contributed by atoms with Crippen LogP contribution >= 0.6 is 0 Å². The standard InChI is InChI=1S/C18H19F9O2/c1-14(2,3)29-28-12-9-8-10-6-4-5-7-11(10)13(12)15(19,20)16(21,22)17(23,24)18(25,26)27/h4-7,12-13H,8-9H2,1-3H3. The molecule has 2 nitrogen and oxygen atoms in total. The Hall–Kier alpha value is -1.49. The first-order chi connectivity index (χ1) is 12.9. The lowest BCUT2D eigenvalue weighted by Gasteiger charge is -2.42. The third-order valence-corrected chi connectivity index (χ3v) is 4.44. The van der Waals surface area contributed by atoms with Gasteiger partial charge >= 0.3 is 23.9 Å². The molecule has 1 aliphatic rings. The molecule has 0 bridgehead atoms. The fourth-order valence-corrected chi connectivity index (χ4v) is 3.05. The third kappa shape index (κ3) is 4.21. The van der Waals surface area contributed by atoms with Crippen LogP contribution in [0.2, 0.25) is 0 Å². The molecule has 1 aromatic carbocycles. The first kappa shape index (κ1) is 23.8. The summed E-state index contributed by atoms with van der Waals surface area (Å²) in [6, 6.07) is 4.87. The second-order valence-corrected chi connectivity index (χ2v) is 7.82. The number of rotatable bonds is 5. The molecule has 1 aliphatic carbocycles. The lowest BCUT2D eigenvalue weighted by atomic mass is 9.74. The SMILES string of the molecule is CC(C)(C)OOC1CCc2ccccc2C1C(F)(F)C(F)(F)C(F)(F)C(F)(F)F. The highest BCUT2D eigenvalue weighted by molar-refractivity contribution is 5.36. The minimum Gasteiger partial charge on any atom is -0.232 e. The zero-order valence-electron chi connectivity index (χ0n) is 15.6. The molecule has 2 rings (SSSR count). The minimum absolute atomic E-state index is 0.0577. The van der Waals surface area contributed by atoms with E-state index < -0.39 is 47.1 Å². The molecule has 0 spiro atoms. The van der Waals surface area contributed by atoms with E-state index in [-0.39, 0.29) is 18.4 Å². The summed E-state index contributed by atoms with van der Waals surface area (Å²) in [6.07, 6.45) is -9.05. The van der Waals surface area contributed by atoms with Gasteiger partial charge < -0.3 is 0 Å². The van der Waals surface area contributed by atoms with Crippen LogP contribution in [-0.4, -0.2) is 35.6 Å².